The molecule has 2 aromatic rings. The van der Waals surface area contributed by atoms with Crippen molar-refractivity contribution in [1.82, 2.24) is 0 Å². The highest BCUT2D eigenvalue weighted by atomic mass is 19.4. The van der Waals surface area contributed by atoms with E-state index >= 15 is 0 Å². The van der Waals surface area contributed by atoms with Gasteiger partial charge in [0, 0.05) is 25.8 Å². The van der Waals surface area contributed by atoms with Crippen molar-refractivity contribution in [1.29, 1.82) is 0 Å². The van der Waals surface area contributed by atoms with Crippen molar-refractivity contribution in [2.45, 2.75) is 19.3 Å². The molecule has 0 bridgehead atoms. The van der Waals surface area contributed by atoms with E-state index in [9.17, 15) is 13.2 Å². The van der Waals surface area contributed by atoms with Crippen LogP contribution in [0.4, 0.5) is 18.9 Å². The fourth-order valence-corrected chi connectivity index (χ4v) is 2.24. The Bertz CT molecular complexity index is 594. The van der Waals surface area contributed by atoms with Crippen LogP contribution in [0, 0.1) is 0 Å². The van der Waals surface area contributed by atoms with E-state index in [0.29, 0.717) is 17.8 Å². The van der Waals surface area contributed by atoms with Crippen LogP contribution >= 0.6 is 0 Å². The molecule has 0 aromatic heterocycles. The molecule has 21 heavy (non-hydrogen) atoms. The predicted octanol–water partition coefficient (Wildman–Crippen LogP) is 3.80. The van der Waals surface area contributed by atoms with E-state index < -0.39 is 11.7 Å². The van der Waals surface area contributed by atoms with Gasteiger partial charge in [0.1, 0.15) is 0 Å². The number of hydrogen-bond acceptors (Lipinski definition) is 2. The van der Waals surface area contributed by atoms with E-state index in [-0.39, 0.29) is 6.54 Å². The van der Waals surface area contributed by atoms with Crippen LogP contribution in [0.5, 0.6) is 0 Å². The molecule has 0 amide bonds. The Hall–Kier alpha value is -2.01. The maximum absolute atomic E-state index is 12.7. The molecule has 0 atom stereocenters. The molecule has 112 valence electrons. The largest absolute Gasteiger partial charge is 0.416 e. The molecule has 0 aliphatic carbocycles. The lowest BCUT2D eigenvalue weighted by molar-refractivity contribution is -0.137. The minimum Gasteiger partial charge on any atom is -0.370 e. The van der Waals surface area contributed by atoms with Crippen LogP contribution in [0.15, 0.2) is 48.5 Å². The van der Waals surface area contributed by atoms with Gasteiger partial charge in [-0.1, -0.05) is 30.3 Å². The smallest absolute Gasteiger partial charge is 0.370 e. The van der Waals surface area contributed by atoms with Crippen LogP contribution in [0.2, 0.25) is 0 Å². The molecule has 0 saturated heterocycles. The van der Waals surface area contributed by atoms with Crippen LogP contribution in [0.3, 0.4) is 0 Å². The van der Waals surface area contributed by atoms with E-state index in [0.717, 1.165) is 17.7 Å². The first kappa shape index (κ1) is 15.4. The summed E-state index contributed by atoms with van der Waals surface area (Å²) in [5, 5.41) is 0. The van der Waals surface area contributed by atoms with Gasteiger partial charge in [0.2, 0.25) is 0 Å². The van der Waals surface area contributed by atoms with Gasteiger partial charge < -0.3 is 10.6 Å². The van der Waals surface area contributed by atoms with Gasteiger partial charge in [-0.2, -0.15) is 13.2 Å². The Morgan fingerprint density at radius 2 is 1.71 bits per heavy atom. The molecular formula is C16H17F3N2. The lowest BCUT2D eigenvalue weighted by Gasteiger charge is -2.23. The number of alkyl halides is 3. The van der Waals surface area contributed by atoms with E-state index in [2.05, 4.69) is 0 Å². The maximum atomic E-state index is 12.7. The van der Waals surface area contributed by atoms with Gasteiger partial charge in [-0.25, -0.2) is 0 Å². The summed E-state index contributed by atoms with van der Waals surface area (Å²) in [6.45, 7) is 0.678. The normalized spacial score (nSPS) is 11.5. The first-order valence-corrected chi connectivity index (χ1v) is 6.57. The third-order valence-electron chi connectivity index (χ3n) is 3.30. The summed E-state index contributed by atoms with van der Waals surface area (Å²) in [7, 11) is 1.84. The van der Waals surface area contributed by atoms with Gasteiger partial charge in [0.05, 0.1) is 5.56 Å². The van der Waals surface area contributed by atoms with Crippen molar-refractivity contribution in [3.63, 3.8) is 0 Å². The highest BCUT2D eigenvalue weighted by Gasteiger charge is 2.31. The molecule has 0 fully saturated rings. The van der Waals surface area contributed by atoms with E-state index in [1.807, 2.05) is 42.3 Å². The lowest BCUT2D eigenvalue weighted by atomic mass is 10.1. The molecule has 0 aliphatic rings. The summed E-state index contributed by atoms with van der Waals surface area (Å²) in [5.74, 6) is 0. The summed E-state index contributed by atoms with van der Waals surface area (Å²) in [5.41, 5.74) is 7.23. The zero-order valence-corrected chi connectivity index (χ0v) is 11.7. The number of anilines is 1. The number of nitrogens with zero attached hydrogens (tertiary/aromatic N) is 1. The zero-order valence-electron chi connectivity index (χ0n) is 11.7. The van der Waals surface area contributed by atoms with E-state index in [4.69, 9.17) is 5.73 Å². The van der Waals surface area contributed by atoms with Crippen molar-refractivity contribution in [2.24, 2.45) is 5.73 Å². The Morgan fingerprint density at radius 3 is 2.29 bits per heavy atom. The zero-order chi connectivity index (χ0) is 15.5. The molecule has 0 unspecified atom stereocenters. The standard InChI is InChI=1S/C16H17F3N2/c1-21(11-12-5-3-2-4-6-12)15-8-7-14(16(17,18)19)9-13(15)10-20/h2-9H,10-11,20H2,1H3. The monoisotopic (exact) mass is 294 g/mol. The lowest BCUT2D eigenvalue weighted by Crippen LogP contribution is -2.19. The molecule has 2 N–H and O–H groups in total. The molecule has 2 rings (SSSR count). The highest BCUT2D eigenvalue weighted by molar-refractivity contribution is 5.55. The van der Waals surface area contributed by atoms with Crippen molar-refractivity contribution in [3.05, 3.63) is 65.2 Å². The molecule has 5 heteroatoms. The van der Waals surface area contributed by atoms with Crippen LogP contribution in [0.25, 0.3) is 0 Å². The fourth-order valence-electron chi connectivity index (χ4n) is 2.24. The second-order valence-corrected chi connectivity index (χ2v) is 4.89. The maximum Gasteiger partial charge on any atom is 0.416 e. The summed E-state index contributed by atoms with van der Waals surface area (Å²) in [6, 6.07) is 13.4. The van der Waals surface area contributed by atoms with Crippen LogP contribution < -0.4 is 10.6 Å². The first-order chi connectivity index (χ1) is 9.91. The molecule has 0 aliphatic heterocycles. The molecular weight excluding hydrogens is 277 g/mol. The second kappa shape index (κ2) is 6.18. The molecule has 0 radical (unpaired) electrons. The van der Waals surface area contributed by atoms with Crippen LogP contribution in [-0.4, -0.2) is 7.05 Å². The van der Waals surface area contributed by atoms with Gasteiger partial charge in [0.25, 0.3) is 0 Å². The molecule has 2 aromatic carbocycles. The van der Waals surface area contributed by atoms with Gasteiger partial charge in [-0.3, -0.25) is 0 Å². The van der Waals surface area contributed by atoms with Crippen molar-refractivity contribution in [2.75, 3.05) is 11.9 Å². The summed E-state index contributed by atoms with van der Waals surface area (Å²) in [6.07, 6.45) is -4.35. The minimum absolute atomic E-state index is 0.0678. The summed E-state index contributed by atoms with van der Waals surface area (Å²) in [4.78, 5) is 1.90. The SMILES string of the molecule is CN(Cc1ccccc1)c1ccc(C(F)(F)F)cc1CN. The van der Waals surface area contributed by atoms with E-state index in [1.165, 1.54) is 6.07 Å². The number of nitrogens with two attached hydrogens (primary N) is 1. The molecule has 0 saturated carbocycles. The number of hydrogen-bond donors (Lipinski definition) is 1. The Morgan fingerprint density at radius 1 is 1.05 bits per heavy atom. The Labute approximate surface area is 122 Å². The third kappa shape index (κ3) is 3.76. The third-order valence-corrected chi connectivity index (χ3v) is 3.30. The molecule has 0 spiro atoms. The number of rotatable bonds is 4. The molecule has 0 heterocycles. The summed E-state index contributed by atoms with van der Waals surface area (Å²) >= 11 is 0. The van der Waals surface area contributed by atoms with Gasteiger partial charge >= 0.3 is 6.18 Å². The van der Waals surface area contributed by atoms with Crippen molar-refractivity contribution >= 4 is 5.69 Å². The predicted molar refractivity (Wildman–Crippen MR) is 77.9 cm³/mol. The van der Waals surface area contributed by atoms with E-state index in [1.54, 1.807) is 0 Å². The number of halogens is 3. The first-order valence-electron chi connectivity index (χ1n) is 6.57. The quantitative estimate of drug-likeness (QED) is 0.929. The Kier molecular flexibility index (Phi) is 4.53. The average Bonchev–Trinajstić information content (AvgIpc) is 2.46. The van der Waals surface area contributed by atoms with Crippen molar-refractivity contribution in [3.8, 4) is 0 Å². The summed E-state index contributed by atoms with van der Waals surface area (Å²) < 4.78 is 38.2. The van der Waals surface area contributed by atoms with Gasteiger partial charge in [-0.05, 0) is 29.3 Å². The highest BCUT2D eigenvalue weighted by Crippen LogP contribution is 2.32. The van der Waals surface area contributed by atoms with Crippen LogP contribution in [0.1, 0.15) is 16.7 Å². The molecule has 2 nitrogen and oxygen atoms in total. The van der Waals surface area contributed by atoms with Gasteiger partial charge in [0.15, 0.2) is 0 Å². The second-order valence-electron chi connectivity index (χ2n) is 4.89. The topological polar surface area (TPSA) is 29.3 Å². The minimum atomic E-state index is -4.35. The fraction of sp³-hybridized carbons (Fsp3) is 0.250. The average molecular weight is 294 g/mol. The van der Waals surface area contributed by atoms with Crippen LogP contribution in [-0.2, 0) is 19.3 Å². The van der Waals surface area contributed by atoms with Crippen molar-refractivity contribution < 1.29 is 13.2 Å². The number of benzene rings is 2. The van der Waals surface area contributed by atoms with Gasteiger partial charge in [-0.15, -0.1) is 0 Å². The Balaban J connectivity index is 2.27.